The highest BCUT2D eigenvalue weighted by atomic mass is 16.5. The standard InChI is InChI=1S/C17H19N5O/c1-11(2)7-12-3-5-13(6-4-12)17-21-16(22-23-17)14-9-19-15(8-18)20-10-14/h3-6,9-11H,7-8,18H2,1-2H3. The van der Waals surface area contributed by atoms with Crippen LogP contribution < -0.4 is 5.73 Å². The Hall–Kier alpha value is -2.60. The van der Waals surface area contributed by atoms with Crippen LogP contribution in [-0.4, -0.2) is 20.1 Å². The van der Waals surface area contributed by atoms with Crippen molar-refractivity contribution in [1.29, 1.82) is 0 Å². The molecule has 0 aliphatic carbocycles. The Morgan fingerprint density at radius 3 is 2.35 bits per heavy atom. The molecule has 0 aliphatic rings. The number of hydrogen-bond donors (Lipinski definition) is 1. The van der Waals surface area contributed by atoms with Gasteiger partial charge in [-0.25, -0.2) is 9.97 Å². The fraction of sp³-hybridized carbons (Fsp3) is 0.294. The summed E-state index contributed by atoms with van der Waals surface area (Å²) in [6.07, 6.45) is 4.35. The van der Waals surface area contributed by atoms with Gasteiger partial charge in [0.2, 0.25) is 5.82 Å². The van der Waals surface area contributed by atoms with Crippen LogP contribution in [0.3, 0.4) is 0 Å². The van der Waals surface area contributed by atoms with Crippen LogP contribution in [0, 0.1) is 5.92 Å². The SMILES string of the molecule is CC(C)Cc1ccc(-c2nc(-c3cnc(CN)nc3)no2)cc1. The predicted molar refractivity (Wildman–Crippen MR) is 87.2 cm³/mol. The Labute approximate surface area is 134 Å². The monoisotopic (exact) mass is 309 g/mol. The molecule has 3 aromatic rings. The van der Waals surface area contributed by atoms with Crippen molar-refractivity contribution >= 4 is 0 Å². The van der Waals surface area contributed by atoms with Crippen LogP contribution in [0.15, 0.2) is 41.2 Å². The summed E-state index contributed by atoms with van der Waals surface area (Å²) in [5, 5.41) is 3.99. The molecule has 3 rings (SSSR count). The van der Waals surface area contributed by atoms with Gasteiger partial charge >= 0.3 is 0 Å². The normalized spacial score (nSPS) is 11.1. The smallest absolute Gasteiger partial charge is 0.258 e. The van der Waals surface area contributed by atoms with Gasteiger partial charge in [0.05, 0.1) is 12.1 Å². The van der Waals surface area contributed by atoms with Crippen molar-refractivity contribution in [1.82, 2.24) is 20.1 Å². The maximum Gasteiger partial charge on any atom is 0.258 e. The second-order valence-corrected chi connectivity index (χ2v) is 5.81. The fourth-order valence-electron chi connectivity index (χ4n) is 2.29. The second-order valence-electron chi connectivity index (χ2n) is 5.81. The molecule has 2 N–H and O–H groups in total. The Bertz CT molecular complexity index is 762. The summed E-state index contributed by atoms with van der Waals surface area (Å²) >= 11 is 0. The number of rotatable bonds is 5. The first kappa shape index (κ1) is 15.3. The lowest BCUT2D eigenvalue weighted by molar-refractivity contribution is 0.432. The molecule has 2 heterocycles. The molecule has 0 aliphatic heterocycles. The van der Waals surface area contributed by atoms with E-state index >= 15 is 0 Å². The third kappa shape index (κ3) is 3.60. The topological polar surface area (TPSA) is 90.7 Å². The molecule has 0 amide bonds. The fourth-order valence-corrected chi connectivity index (χ4v) is 2.29. The van der Waals surface area contributed by atoms with Gasteiger partial charge in [-0.1, -0.05) is 31.1 Å². The Morgan fingerprint density at radius 1 is 1.04 bits per heavy atom. The second kappa shape index (κ2) is 6.66. The molecule has 0 fully saturated rings. The third-order valence-electron chi connectivity index (χ3n) is 3.42. The molecule has 6 nitrogen and oxygen atoms in total. The van der Waals surface area contributed by atoms with E-state index in [-0.39, 0.29) is 0 Å². The van der Waals surface area contributed by atoms with Crippen LogP contribution in [0.2, 0.25) is 0 Å². The molecule has 2 aromatic heterocycles. The minimum absolute atomic E-state index is 0.306. The molecule has 0 spiro atoms. The number of nitrogens with zero attached hydrogens (tertiary/aromatic N) is 4. The Balaban J connectivity index is 1.80. The number of aromatic nitrogens is 4. The lowest BCUT2D eigenvalue weighted by Gasteiger charge is -2.04. The highest BCUT2D eigenvalue weighted by Gasteiger charge is 2.11. The average molecular weight is 309 g/mol. The van der Waals surface area contributed by atoms with Crippen LogP contribution in [0.5, 0.6) is 0 Å². The van der Waals surface area contributed by atoms with Gasteiger partial charge in [-0.3, -0.25) is 0 Å². The van der Waals surface area contributed by atoms with Crippen molar-refractivity contribution in [3.8, 4) is 22.8 Å². The van der Waals surface area contributed by atoms with Crippen LogP contribution in [0.25, 0.3) is 22.8 Å². The maximum absolute atomic E-state index is 5.49. The lowest BCUT2D eigenvalue weighted by Crippen LogP contribution is -2.02. The first-order chi connectivity index (χ1) is 11.2. The molecule has 0 unspecified atom stereocenters. The van der Waals surface area contributed by atoms with E-state index in [0.717, 1.165) is 12.0 Å². The van der Waals surface area contributed by atoms with Crippen molar-refractivity contribution in [3.63, 3.8) is 0 Å². The van der Waals surface area contributed by atoms with E-state index in [1.165, 1.54) is 5.56 Å². The number of nitrogens with two attached hydrogens (primary N) is 1. The zero-order valence-electron chi connectivity index (χ0n) is 13.2. The highest BCUT2D eigenvalue weighted by molar-refractivity contribution is 5.58. The van der Waals surface area contributed by atoms with Crippen LogP contribution in [0.1, 0.15) is 25.2 Å². The van der Waals surface area contributed by atoms with Gasteiger partial charge in [-0.2, -0.15) is 4.98 Å². The minimum atomic E-state index is 0.306. The van der Waals surface area contributed by atoms with E-state index in [9.17, 15) is 0 Å². The molecule has 118 valence electrons. The van der Waals surface area contributed by atoms with Gasteiger partial charge in [0.1, 0.15) is 5.82 Å². The number of benzene rings is 1. The van der Waals surface area contributed by atoms with Crippen molar-refractivity contribution in [2.75, 3.05) is 0 Å². The molecular formula is C17H19N5O. The van der Waals surface area contributed by atoms with Crippen molar-refractivity contribution in [2.24, 2.45) is 11.7 Å². The Kier molecular flexibility index (Phi) is 4.43. The van der Waals surface area contributed by atoms with E-state index in [0.29, 0.717) is 35.6 Å². The van der Waals surface area contributed by atoms with Gasteiger partial charge in [0.25, 0.3) is 5.89 Å². The molecule has 23 heavy (non-hydrogen) atoms. The van der Waals surface area contributed by atoms with E-state index in [4.69, 9.17) is 10.3 Å². The van der Waals surface area contributed by atoms with E-state index in [1.807, 2.05) is 12.1 Å². The van der Waals surface area contributed by atoms with E-state index in [1.54, 1.807) is 12.4 Å². The zero-order chi connectivity index (χ0) is 16.2. The van der Waals surface area contributed by atoms with Crippen molar-refractivity contribution in [3.05, 3.63) is 48.0 Å². The molecule has 0 atom stereocenters. The predicted octanol–water partition coefficient (Wildman–Crippen LogP) is 2.85. The van der Waals surface area contributed by atoms with Gasteiger partial charge in [-0.15, -0.1) is 0 Å². The minimum Gasteiger partial charge on any atom is -0.334 e. The molecule has 0 radical (unpaired) electrons. The van der Waals surface area contributed by atoms with Gasteiger partial charge in [0, 0.05) is 18.0 Å². The molecule has 0 bridgehead atoms. The molecule has 0 saturated heterocycles. The summed E-state index contributed by atoms with van der Waals surface area (Å²) in [7, 11) is 0. The van der Waals surface area contributed by atoms with Crippen molar-refractivity contribution in [2.45, 2.75) is 26.8 Å². The summed E-state index contributed by atoms with van der Waals surface area (Å²) in [4.78, 5) is 12.7. The third-order valence-corrected chi connectivity index (χ3v) is 3.42. The van der Waals surface area contributed by atoms with Crippen LogP contribution in [-0.2, 0) is 13.0 Å². The van der Waals surface area contributed by atoms with Crippen molar-refractivity contribution < 1.29 is 4.52 Å². The summed E-state index contributed by atoms with van der Waals surface area (Å²) in [5.41, 5.74) is 8.39. The quantitative estimate of drug-likeness (QED) is 0.779. The average Bonchev–Trinajstić information content (AvgIpc) is 3.05. The van der Waals surface area contributed by atoms with E-state index < -0.39 is 0 Å². The highest BCUT2D eigenvalue weighted by Crippen LogP contribution is 2.22. The zero-order valence-corrected chi connectivity index (χ0v) is 13.2. The summed E-state index contributed by atoms with van der Waals surface area (Å²) in [5.74, 6) is 2.17. The lowest BCUT2D eigenvalue weighted by atomic mass is 10.0. The first-order valence-electron chi connectivity index (χ1n) is 7.60. The molecule has 0 saturated carbocycles. The molecule has 1 aromatic carbocycles. The number of hydrogen-bond acceptors (Lipinski definition) is 6. The van der Waals surface area contributed by atoms with Crippen LogP contribution in [0.4, 0.5) is 0 Å². The largest absolute Gasteiger partial charge is 0.334 e. The van der Waals surface area contributed by atoms with Gasteiger partial charge in [0.15, 0.2) is 0 Å². The van der Waals surface area contributed by atoms with Gasteiger partial charge in [-0.05, 0) is 30.0 Å². The Morgan fingerprint density at radius 2 is 1.74 bits per heavy atom. The molecule has 6 heteroatoms. The summed E-state index contributed by atoms with van der Waals surface area (Å²) < 4.78 is 5.34. The van der Waals surface area contributed by atoms with E-state index in [2.05, 4.69) is 46.1 Å². The van der Waals surface area contributed by atoms with Crippen LogP contribution >= 0.6 is 0 Å². The molecular weight excluding hydrogens is 290 g/mol. The maximum atomic E-state index is 5.49. The van der Waals surface area contributed by atoms with Gasteiger partial charge < -0.3 is 10.3 Å². The summed E-state index contributed by atoms with van der Waals surface area (Å²) in [6.45, 7) is 4.72. The summed E-state index contributed by atoms with van der Waals surface area (Å²) in [6, 6.07) is 8.20. The first-order valence-corrected chi connectivity index (χ1v) is 7.60.